The van der Waals surface area contributed by atoms with Crippen LogP contribution < -0.4 is 5.73 Å². The molecule has 0 aromatic heterocycles. The first-order valence-corrected chi connectivity index (χ1v) is 13.5. The summed E-state index contributed by atoms with van der Waals surface area (Å²) in [6.07, 6.45) is 0.834. The van der Waals surface area contributed by atoms with Crippen molar-refractivity contribution in [2.45, 2.75) is 92.4 Å². The van der Waals surface area contributed by atoms with Gasteiger partial charge in [-0.05, 0) is 82.5 Å². The van der Waals surface area contributed by atoms with Crippen LogP contribution in [-0.4, -0.2) is 15.9 Å². The molecule has 0 radical (unpaired) electrons. The number of benzene rings is 3. The lowest BCUT2D eigenvalue weighted by Gasteiger charge is -2.21. The molecule has 4 nitrogen and oxygen atoms in total. The molecule has 3 aromatic rings. The van der Waals surface area contributed by atoms with Gasteiger partial charge in [-0.15, -0.1) is 0 Å². The van der Waals surface area contributed by atoms with Crippen LogP contribution in [0.15, 0.2) is 47.5 Å². The maximum Gasteiger partial charge on any atom is 0.128 e. The Balaban J connectivity index is 2.16. The SMILES string of the molecule is C/C(=N\c1c(C(C)C)cc(Cc2cc(C(C)C)c(N)c(C(C)C)c2)cc1C(C)C)c1ccc(O)cc1O. The van der Waals surface area contributed by atoms with E-state index in [1.807, 2.05) is 6.92 Å². The Morgan fingerprint density at radius 3 is 1.54 bits per heavy atom. The molecule has 0 saturated carbocycles. The van der Waals surface area contributed by atoms with Crippen LogP contribution in [0.5, 0.6) is 11.5 Å². The lowest BCUT2D eigenvalue weighted by Crippen LogP contribution is -2.06. The molecule has 0 bridgehead atoms. The summed E-state index contributed by atoms with van der Waals surface area (Å²) in [6, 6.07) is 13.8. The molecule has 0 aliphatic carbocycles. The van der Waals surface area contributed by atoms with Crippen LogP contribution in [0.25, 0.3) is 0 Å². The summed E-state index contributed by atoms with van der Waals surface area (Å²) in [5.41, 5.74) is 17.2. The maximum atomic E-state index is 10.4. The number of anilines is 1. The second kappa shape index (κ2) is 11.4. The van der Waals surface area contributed by atoms with Crippen LogP contribution >= 0.6 is 0 Å². The van der Waals surface area contributed by atoms with E-state index < -0.39 is 0 Å². The van der Waals surface area contributed by atoms with Crippen LogP contribution in [0.3, 0.4) is 0 Å². The lowest BCUT2D eigenvalue weighted by molar-refractivity contribution is 0.450. The number of nitrogen functional groups attached to an aromatic ring is 1. The maximum absolute atomic E-state index is 10.4. The monoisotopic (exact) mass is 500 g/mol. The first kappa shape index (κ1) is 28.3. The van der Waals surface area contributed by atoms with Gasteiger partial charge >= 0.3 is 0 Å². The summed E-state index contributed by atoms with van der Waals surface area (Å²) in [5.74, 6) is 1.35. The van der Waals surface area contributed by atoms with Crippen LogP contribution in [0.4, 0.5) is 11.4 Å². The predicted molar refractivity (Wildman–Crippen MR) is 158 cm³/mol. The van der Waals surface area contributed by atoms with Crippen molar-refractivity contribution in [2.75, 3.05) is 5.73 Å². The van der Waals surface area contributed by atoms with Crippen molar-refractivity contribution in [3.8, 4) is 11.5 Å². The Kier molecular flexibility index (Phi) is 8.73. The molecule has 0 aliphatic heterocycles. The Bertz CT molecular complexity index is 1240. The normalized spacial score (nSPS) is 12.4. The average molecular weight is 501 g/mol. The number of phenolic OH excluding ortho intramolecular Hbond substituents is 2. The highest BCUT2D eigenvalue weighted by atomic mass is 16.3. The van der Waals surface area contributed by atoms with E-state index >= 15 is 0 Å². The zero-order valence-electron chi connectivity index (χ0n) is 24.0. The molecular weight excluding hydrogens is 456 g/mol. The van der Waals surface area contributed by atoms with Gasteiger partial charge in [0.1, 0.15) is 11.5 Å². The van der Waals surface area contributed by atoms with E-state index in [1.54, 1.807) is 12.1 Å². The second-order valence-electron chi connectivity index (χ2n) is 11.5. The molecule has 0 unspecified atom stereocenters. The van der Waals surface area contributed by atoms with Crippen LogP contribution in [0.2, 0.25) is 0 Å². The van der Waals surface area contributed by atoms with Gasteiger partial charge in [0.25, 0.3) is 0 Å². The number of phenols is 2. The smallest absolute Gasteiger partial charge is 0.128 e. The molecule has 37 heavy (non-hydrogen) atoms. The van der Waals surface area contributed by atoms with Gasteiger partial charge in [-0.3, -0.25) is 4.99 Å². The van der Waals surface area contributed by atoms with Crippen molar-refractivity contribution < 1.29 is 10.2 Å². The van der Waals surface area contributed by atoms with E-state index in [0.29, 0.717) is 17.4 Å². The lowest BCUT2D eigenvalue weighted by atomic mass is 9.86. The van der Waals surface area contributed by atoms with Gasteiger partial charge in [-0.1, -0.05) is 79.7 Å². The molecule has 0 saturated heterocycles. The van der Waals surface area contributed by atoms with Crippen molar-refractivity contribution >= 4 is 17.1 Å². The average Bonchev–Trinajstić information content (AvgIpc) is 2.79. The van der Waals surface area contributed by atoms with E-state index in [4.69, 9.17) is 10.7 Å². The number of nitrogens with two attached hydrogens (primary N) is 1. The molecule has 4 N–H and O–H groups in total. The third-order valence-corrected chi connectivity index (χ3v) is 7.08. The molecule has 3 rings (SSSR count). The van der Waals surface area contributed by atoms with Gasteiger partial charge in [0.05, 0.1) is 5.69 Å². The summed E-state index contributed by atoms with van der Waals surface area (Å²) in [5, 5.41) is 20.1. The fourth-order valence-electron chi connectivity index (χ4n) is 4.97. The Labute approximate surface area is 223 Å². The zero-order chi connectivity index (χ0) is 27.6. The highest BCUT2D eigenvalue weighted by Crippen LogP contribution is 2.39. The first-order chi connectivity index (χ1) is 17.3. The van der Waals surface area contributed by atoms with E-state index in [2.05, 4.69) is 79.7 Å². The van der Waals surface area contributed by atoms with Crippen LogP contribution in [0, 0.1) is 0 Å². The van der Waals surface area contributed by atoms with Crippen molar-refractivity contribution in [2.24, 2.45) is 4.99 Å². The number of rotatable bonds is 8. The van der Waals surface area contributed by atoms with Crippen molar-refractivity contribution in [3.63, 3.8) is 0 Å². The van der Waals surface area contributed by atoms with E-state index in [0.717, 1.165) is 23.5 Å². The van der Waals surface area contributed by atoms with Gasteiger partial charge in [-0.25, -0.2) is 0 Å². The topological polar surface area (TPSA) is 78.8 Å². The molecular formula is C33H44N2O2. The standard InChI is InChI=1S/C33H44N2O2/c1-18(2)27-13-23(14-28(19(3)4)32(27)34)12-24-15-29(20(5)6)33(30(16-24)21(7)8)35-22(9)26-11-10-25(36)17-31(26)37/h10-11,13-21,36-37H,12,34H2,1-9H3/b35-22+. The Hall–Kier alpha value is -3.27. The first-order valence-electron chi connectivity index (χ1n) is 13.5. The van der Waals surface area contributed by atoms with Crippen molar-refractivity contribution in [1.82, 2.24) is 0 Å². The fourth-order valence-corrected chi connectivity index (χ4v) is 4.97. The number of nitrogens with zero attached hydrogens (tertiary/aromatic N) is 1. The van der Waals surface area contributed by atoms with E-state index in [9.17, 15) is 10.2 Å². The van der Waals surface area contributed by atoms with Gasteiger partial charge in [0.15, 0.2) is 0 Å². The molecule has 4 heteroatoms. The van der Waals surface area contributed by atoms with E-state index in [-0.39, 0.29) is 23.3 Å². The van der Waals surface area contributed by atoms with Crippen LogP contribution in [0.1, 0.15) is 125 Å². The van der Waals surface area contributed by atoms with Crippen molar-refractivity contribution in [3.05, 3.63) is 81.4 Å². The predicted octanol–water partition coefficient (Wildman–Crippen LogP) is 8.91. The zero-order valence-corrected chi connectivity index (χ0v) is 24.0. The highest BCUT2D eigenvalue weighted by Gasteiger charge is 2.19. The van der Waals surface area contributed by atoms with Gasteiger partial charge in [-0.2, -0.15) is 0 Å². The van der Waals surface area contributed by atoms with Gasteiger partial charge in [0.2, 0.25) is 0 Å². The summed E-state index contributed by atoms with van der Waals surface area (Å²) >= 11 is 0. The molecule has 0 fully saturated rings. The fraction of sp³-hybridized carbons (Fsp3) is 0.424. The Morgan fingerprint density at radius 1 is 0.703 bits per heavy atom. The molecule has 0 atom stereocenters. The minimum absolute atomic E-state index is 0.0281. The third-order valence-electron chi connectivity index (χ3n) is 7.08. The number of hydrogen-bond donors (Lipinski definition) is 3. The van der Waals surface area contributed by atoms with Crippen LogP contribution in [-0.2, 0) is 6.42 Å². The number of aliphatic imine (C=N–C) groups is 1. The third kappa shape index (κ3) is 6.36. The van der Waals surface area contributed by atoms with Crippen molar-refractivity contribution in [1.29, 1.82) is 0 Å². The molecule has 0 spiro atoms. The minimum atomic E-state index is 0.0281. The number of hydrogen-bond acceptors (Lipinski definition) is 4. The van der Waals surface area contributed by atoms with Gasteiger partial charge in [0, 0.05) is 23.0 Å². The molecule has 0 amide bonds. The molecule has 198 valence electrons. The minimum Gasteiger partial charge on any atom is -0.508 e. The highest BCUT2D eigenvalue weighted by molar-refractivity contribution is 6.03. The summed E-state index contributed by atoms with van der Waals surface area (Å²) in [6.45, 7) is 19.5. The summed E-state index contributed by atoms with van der Waals surface area (Å²) in [4.78, 5) is 5.06. The quantitative estimate of drug-likeness (QED) is 0.213. The van der Waals surface area contributed by atoms with E-state index in [1.165, 1.54) is 39.4 Å². The number of aromatic hydroxyl groups is 2. The summed E-state index contributed by atoms with van der Waals surface area (Å²) < 4.78 is 0. The Morgan fingerprint density at radius 2 is 1.14 bits per heavy atom. The second-order valence-corrected chi connectivity index (χ2v) is 11.5. The van der Waals surface area contributed by atoms with Gasteiger partial charge < -0.3 is 15.9 Å². The molecule has 0 aliphatic rings. The molecule has 0 heterocycles. The largest absolute Gasteiger partial charge is 0.508 e. The molecule has 3 aromatic carbocycles. The summed E-state index contributed by atoms with van der Waals surface area (Å²) in [7, 11) is 0.